The van der Waals surface area contributed by atoms with Crippen LogP contribution in [0.4, 0.5) is 15.0 Å². The molecule has 0 saturated carbocycles. The van der Waals surface area contributed by atoms with E-state index < -0.39 is 24.0 Å². The van der Waals surface area contributed by atoms with Gasteiger partial charge in [0.1, 0.15) is 17.7 Å². The molecule has 0 bridgehead atoms. The smallest absolute Gasteiger partial charge is 0.413 e. The topological polar surface area (TPSA) is 93.4 Å². The highest BCUT2D eigenvalue weighted by Gasteiger charge is 2.19. The molecule has 0 saturated heterocycles. The molecule has 3 heterocycles. The number of hydrogen-bond donors (Lipinski definition) is 2. The Morgan fingerprint density at radius 1 is 1.08 bits per heavy atom. The molecule has 0 fully saturated rings. The van der Waals surface area contributed by atoms with Crippen LogP contribution in [0.2, 0.25) is 0 Å². The quantitative estimate of drug-likeness (QED) is 0.232. The molecule has 188 valence electrons. The van der Waals surface area contributed by atoms with E-state index in [4.69, 9.17) is 9.84 Å². The molecular weight excluding hydrogens is 513 g/mol. The number of amides is 1. The lowest BCUT2D eigenvalue weighted by Crippen LogP contribution is -2.18. The van der Waals surface area contributed by atoms with Crippen molar-refractivity contribution in [2.24, 2.45) is 7.05 Å². The standard InChI is InChI=1S/C27H22FN3O4S2/c1-15(16-6-4-3-5-7-16)35-27(34)30-26-19(14-29-31(26)2)22-13-24-23(37-22)12-21(36-24)18-9-8-17(11-25(32)33)20(28)10-18/h3-10,12-15H,11H2,1-2H3,(H,30,34)(H,32,33)/t15-/m1/s1. The van der Waals surface area contributed by atoms with Crippen molar-refractivity contribution >= 4 is 50.0 Å². The van der Waals surface area contributed by atoms with E-state index in [-0.39, 0.29) is 12.0 Å². The fourth-order valence-corrected chi connectivity index (χ4v) is 6.37. The lowest BCUT2D eigenvalue weighted by atomic mass is 10.1. The van der Waals surface area contributed by atoms with E-state index in [1.165, 1.54) is 23.5 Å². The minimum Gasteiger partial charge on any atom is -0.481 e. The second-order valence-corrected chi connectivity index (χ2v) is 10.6. The third kappa shape index (κ3) is 5.25. The highest BCUT2D eigenvalue weighted by molar-refractivity contribution is 7.31. The summed E-state index contributed by atoms with van der Waals surface area (Å²) in [6, 6.07) is 18.1. The Bertz CT molecular complexity index is 1580. The Hall–Kier alpha value is -4.02. The average molecular weight is 536 g/mol. The van der Waals surface area contributed by atoms with Crippen molar-refractivity contribution in [3.63, 3.8) is 0 Å². The summed E-state index contributed by atoms with van der Waals surface area (Å²) in [7, 11) is 1.75. The molecule has 0 unspecified atom stereocenters. The maximum atomic E-state index is 14.4. The molecule has 0 spiro atoms. The second kappa shape index (κ2) is 10.2. The number of aliphatic carboxylic acids is 1. The minimum absolute atomic E-state index is 0.158. The maximum absolute atomic E-state index is 14.4. The van der Waals surface area contributed by atoms with Crippen LogP contribution in [0.3, 0.4) is 0 Å². The van der Waals surface area contributed by atoms with Crippen LogP contribution in [0.5, 0.6) is 0 Å². The maximum Gasteiger partial charge on any atom is 0.413 e. The van der Waals surface area contributed by atoms with Gasteiger partial charge < -0.3 is 9.84 Å². The van der Waals surface area contributed by atoms with Gasteiger partial charge in [-0.15, -0.1) is 22.7 Å². The molecule has 1 amide bonds. The number of carbonyl (C=O) groups excluding carboxylic acids is 1. The van der Waals surface area contributed by atoms with Crippen molar-refractivity contribution in [3.8, 4) is 20.9 Å². The van der Waals surface area contributed by atoms with Crippen LogP contribution in [0.1, 0.15) is 24.2 Å². The van der Waals surface area contributed by atoms with E-state index in [1.54, 1.807) is 35.3 Å². The predicted molar refractivity (Wildman–Crippen MR) is 144 cm³/mol. The van der Waals surface area contributed by atoms with Crippen LogP contribution in [0.15, 0.2) is 66.9 Å². The lowest BCUT2D eigenvalue weighted by molar-refractivity contribution is -0.136. The Labute approximate surface area is 219 Å². The molecule has 3 aromatic heterocycles. The molecule has 2 N–H and O–H groups in total. The van der Waals surface area contributed by atoms with Gasteiger partial charge in [-0.2, -0.15) is 5.10 Å². The van der Waals surface area contributed by atoms with Gasteiger partial charge in [-0.05, 0) is 41.8 Å². The number of halogens is 1. The van der Waals surface area contributed by atoms with Crippen molar-refractivity contribution in [2.45, 2.75) is 19.4 Å². The number of fused-ring (bicyclic) bond motifs is 1. The number of nitrogens with one attached hydrogen (secondary N) is 1. The zero-order chi connectivity index (χ0) is 26.1. The SMILES string of the molecule is C[C@@H](OC(=O)Nc1c(-c2cc3sc(-c4ccc(CC(=O)O)c(F)c4)cc3s2)cnn1C)c1ccccc1. The number of rotatable bonds is 7. The van der Waals surface area contributed by atoms with Crippen molar-refractivity contribution in [2.75, 3.05) is 5.32 Å². The zero-order valence-corrected chi connectivity index (χ0v) is 21.5. The van der Waals surface area contributed by atoms with Gasteiger partial charge in [-0.25, -0.2) is 9.18 Å². The van der Waals surface area contributed by atoms with Crippen LogP contribution in [0, 0.1) is 5.82 Å². The van der Waals surface area contributed by atoms with E-state index in [0.29, 0.717) is 11.4 Å². The monoisotopic (exact) mass is 535 g/mol. The Kier molecular flexibility index (Phi) is 6.77. The summed E-state index contributed by atoms with van der Waals surface area (Å²) in [5.74, 6) is -1.08. The van der Waals surface area contributed by atoms with Crippen molar-refractivity contribution < 1.29 is 23.8 Å². The Morgan fingerprint density at radius 3 is 2.49 bits per heavy atom. The first-order chi connectivity index (χ1) is 17.8. The number of aromatic nitrogens is 2. The molecule has 0 aliphatic heterocycles. The van der Waals surface area contributed by atoms with Gasteiger partial charge in [-0.3, -0.25) is 14.8 Å². The molecule has 37 heavy (non-hydrogen) atoms. The highest BCUT2D eigenvalue weighted by Crippen LogP contribution is 2.43. The molecule has 10 heteroatoms. The zero-order valence-electron chi connectivity index (χ0n) is 19.9. The van der Waals surface area contributed by atoms with Crippen LogP contribution < -0.4 is 5.32 Å². The lowest BCUT2D eigenvalue weighted by Gasteiger charge is -2.14. The summed E-state index contributed by atoms with van der Waals surface area (Å²) in [5.41, 5.74) is 2.52. The number of aryl methyl sites for hydroxylation is 1. The molecule has 0 radical (unpaired) electrons. The molecule has 0 aliphatic carbocycles. The number of anilines is 1. The third-order valence-corrected chi connectivity index (χ3v) is 8.24. The average Bonchev–Trinajstić information content (AvgIpc) is 3.54. The summed E-state index contributed by atoms with van der Waals surface area (Å²) in [5, 5.41) is 16.1. The fraction of sp³-hybridized carbons (Fsp3) is 0.148. The van der Waals surface area contributed by atoms with E-state index in [0.717, 1.165) is 30.3 Å². The first-order valence-corrected chi connectivity index (χ1v) is 13.0. The number of carboxylic acids is 1. The molecule has 2 aromatic carbocycles. The Morgan fingerprint density at radius 2 is 1.78 bits per heavy atom. The van der Waals surface area contributed by atoms with E-state index in [1.807, 2.05) is 49.4 Å². The fourth-order valence-electron chi connectivity index (χ4n) is 3.96. The highest BCUT2D eigenvalue weighted by atomic mass is 32.1. The first kappa shape index (κ1) is 24.7. The van der Waals surface area contributed by atoms with Gasteiger partial charge >= 0.3 is 12.1 Å². The molecule has 0 aliphatic rings. The second-order valence-electron chi connectivity index (χ2n) is 8.44. The van der Waals surface area contributed by atoms with Crippen LogP contribution >= 0.6 is 22.7 Å². The normalized spacial score (nSPS) is 12.0. The Balaban J connectivity index is 1.35. The molecule has 7 nitrogen and oxygen atoms in total. The number of hydrogen-bond acceptors (Lipinski definition) is 6. The van der Waals surface area contributed by atoms with Crippen LogP contribution in [-0.2, 0) is 23.0 Å². The predicted octanol–water partition coefficient (Wildman–Crippen LogP) is 7.11. The van der Waals surface area contributed by atoms with Gasteiger partial charge in [-0.1, -0.05) is 42.5 Å². The number of carboxylic acid groups (broad SMARTS) is 1. The molecule has 5 aromatic rings. The number of carbonyl (C=O) groups is 2. The largest absolute Gasteiger partial charge is 0.481 e. The number of benzene rings is 2. The number of nitrogens with zero attached hydrogens (tertiary/aromatic N) is 2. The van der Waals surface area contributed by atoms with Gasteiger partial charge in [0.15, 0.2) is 0 Å². The summed E-state index contributed by atoms with van der Waals surface area (Å²) < 4.78 is 23.5. The first-order valence-electron chi connectivity index (χ1n) is 11.4. The number of ether oxygens (including phenoxy) is 1. The summed E-state index contributed by atoms with van der Waals surface area (Å²) in [6.07, 6.45) is 0.361. The summed E-state index contributed by atoms with van der Waals surface area (Å²) in [4.78, 5) is 25.3. The van der Waals surface area contributed by atoms with Gasteiger partial charge in [0.05, 0.1) is 18.2 Å². The minimum atomic E-state index is -1.07. The van der Waals surface area contributed by atoms with Crippen LogP contribution in [-0.4, -0.2) is 26.9 Å². The van der Waals surface area contributed by atoms with Gasteiger partial charge in [0, 0.05) is 26.2 Å². The molecule has 1 atom stereocenters. The van der Waals surface area contributed by atoms with Crippen molar-refractivity contribution in [1.29, 1.82) is 0 Å². The molecule has 5 rings (SSSR count). The van der Waals surface area contributed by atoms with E-state index >= 15 is 0 Å². The number of thiophene rings is 2. The van der Waals surface area contributed by atoms with Gasteiger partial charge in [0.2, 0.25) is 0 Å². The van der Waals surface area contributed by atoms with E-state index in [2.05, 4.69) is 10.4 Å². The summed E-state index contributed by atoms with van der Waals surface area (Å²) in [6.45, 7) is 1.82. The van der Waals surface area contributed by atoms with Crippen LogP contribution in [0.25, 0.3) is 30.3 Å². The van der Waals surface area contributed by atoms with E-state index in [9.17, 15) is 14.0 Å². The van der Waals surface area contributed by atoms with Gasteiger partial charge in [0.25, 0.3) is 0 Å². The third-order valence-electron chi connectivity index (χ3n) is 5.86. The van der Waals surface area contributed by atoms with Crippen molar-refractivity contribution in [1.82, 2.24) is 9.78 Å². The molecular formula is C27H22FN3O4S2. The summed E-state index contributed by atoms with van der Waals surface area (Å²) >= 11 is 3.06. The van der Waals surface area contributed by atoms with Crippen molar-refractivity contribution in [3.05, 3.63) is 83.8 Å².